The van der Waals surface area contributed by atoms with Gasteiger partial charge in [-0.05, 0) is 63.6 Å². The van der Waals surface area contributed by atoms with Crippen LogP contribution in [0, 0.1) is 16.0 Å². The molecule has 3 N–H and O–H groups in total. The molecule has 0 amide bonds. The topological polar surface area (TPSA) is 132 Å². The van der Waals surface area contributed by atoms with Crippen molar-refractivity contribution in [2.45, 2.75) is 51.1 Å². The lowest BCUT2D eigenvalue weighted by atomic mass is 9.82. The smallest absolute Gasteiger partial charge is 0.332 e. The first-order valence-electron chi connectivity index (χ1n) is 10.8. The molecule has 10 heteroatoms. The highest BCUT2D eigenvalue weighted by Crippen LogP contribution is 2.34. The fourth-order valence-corrected chi connectivity index (χ4v) is 4.55. The lowest BCUT2D eigenvalue weighted by molar-refractivity contribution is -0.385. The first kappa shape index (κ1) is 21.2. The van der Waals surface area contributed by atoms with Gasteiger partial charge in [-0.1, -0.05) is 6.07 Å². The van der Waals surface area contributed by atoms with Crippen molar-refractivity contribution < 1.29 is 9.66 Å². The molecule has 1 aliphatic carbocycles. The van der Waals surface area contributed by atoms with Gasteiger partial charge in [-0.15, -0.1) is 0 Å². The molecule has 1 saturated heterocycles. The number of hydrogen-bond acceptors (Lipinski definition) is 9. The van der Waals surface area contributed by atoms with Gasteiger partial charge >= 0.3 is 5.69 Å². The van der Waals surface area contributed by atoms with Crippen LogP contribution in [0.15, 0.2) is 18.3 Å². The molecule has 0 bridgehead atoms. The number of nitrogens with zero attached hydrogens (tertiary/aromatic N) is 5. The summed E-state index contributed by atoms with van der Waals surface area (Å²) in [5, 5.41) is 14.7. The Morgan fingerprint density at radius 3 is 2.71 bits per heavy atom. The average Bonchev–Trinajstić information content (AvgIpc) is 2.72. The number of nitrogens with one attached hydrogen (secondary N) is 1. The molecular formula is C21H29N7O3. The molecule has 2 aliphatic rings. The van der Waals surface area contributed by atoms with E-state index in [9.17, 15) is 10.1 Å². The number of ether oxygens (including phenoxy) is 1. The number of aromatic nitrogens is 3. The van der Waals surface area contributed by atoms with E-state index < -0.39 is 4.92 Å². The number of methoxy groups -OCH3 is 1. The van der Waals surface area contributed by atoms with Crippen molar-refractivity contribution in [1.82, 2.24) is 19.9 Å². The highest BCUT2D eigenvalue weighted by molar-refractivity contribution is 5.58. The Balaban J connectivity index is 1.46. The van der Waals surface area contributed by atoms with Gasteiger partial charge in [0.15, 0.2) is 0 Å². The van der Waals surface area contributed by atoms with Crippen LogP contribution in [0.5, 0.6) is 5.88 Å². The second-order valence-corrected chi connectivity index (χ2v) is 8.28. The van der Waals surface area contributed by atoms with Crippen LogP contribution < -0.4 is 15.8 Å². The average molecular weight is 428 g/mol. The highest BCUT2D eigenvalue weighted by Gasteiger charge is 2.31. The normalized spacial score (nSPS) is 21.3. The third-order valence-electron chi connectivity index (χ3n) is 6.35. The minimum absolute atomic E-state index is 0.107. The molecule has 0 aromatic carbocycles. The molecule has 10 nitrogen and oxygen atoms in total. The van der Waals surface area contributed by atoms with Gasteiger partial charge in [-0.3, -0.25) is 10.1 Å². The predicted molar refractivity (Wildman–Crippen MR) is 117 cm³/mol. The van der Waals surface area contributed by atoms with Crippen molar-refractivity contribution in [3.05, 3.63) is 39.7 Å². The summed E-state index contributed by atoms with van der Waals surface area (Å²) in [6.45, 7) is 2.79. The first-order valence-corrected chi connectivity index (χ1v) is 10.8. The second kappa shape index (κ2) is 9.42. The number of nitrogens with two attached hydrogens (primary N) is 1. The van der Waals surface area contributed by atoms with Crippen LogP contribution in [0.3, 0.4) is 0 Å². The van der Waals surface area contributed by atoms with Crippen molar-refractivity contribution >= 4 is 17.5 Å². The molecular weight excluding hydrogens is 398 g/mol. The first-order chi connectivity index (χ1) is 15.0. The Morgan fingerprint density at radius 1 is 1.29 bits per heavy atom. The van der Waals surface area contributed by atoms with E-state index in [1.54, 1.807) is 13.3 Å². The molecule has 2 aromatic heterocycles. The van der Waals surface area contributed by atoms with Crippen LogP contribution in [0.2, 0.25) is 0 Å². The van der Waals surface area contributed by atoms with Crippen LogP contribution in [0.4, 0.5) is 17.5 Å². The molecule has 1 aliphatic heterocycles. The fraction of sp³-hybridized carbons (Fsp3) is 0.571. The Kier molecular flexibility index (Phi) is 6.45. The van der Waals surface area contributed by atoms with Crippen molar-refractivity contribution in [3.8, 4) is 5.88 Å². The van der Waals surface area contributed by atoms with Crippen LogP contribution in [-0.2, 0) is 13.0 Å². The summed E-state index contributed by atoms with van der Waals surface area (Å²) >= 11 is 0. The quantitative estimate of drug-likeness (QED) is 0.482. The third kappa shape index (κ3) is 4.84. The maximum atomic E-state index is 11.6. The van der Waals surface area contributed by atoms with E-state index in [4.69, 9.17) is 10.5 Å². The number of rotatable bonds is 8. The number of nitrogen functional groups attached to an aromatic ring is 1. The van der Waals surface area contributed by atoms with Crippen molar-refractivity contribution in [2.75, 3.05) is 31.2 Å². The molecule has 0 unspecified atom stereocenters. The maximum Gasteiger partial charge on any atom is 0.332 e. The van der Waals surface area contributed by atoms with Gasteiger partial charge < -0.3 is 20.7 Å². The lowest BCUT2D eigenvalue weighted by Gasteiger charge is -2.42. The van der Waals surface area contributed by atoms with Gasteiger partial charge in [0.1, 0.15) is 5.69 Å². The SMILES string of the molecule is COc1ncccc1CNc1nc(N)c([N+](=O)[O-])c(C[C@H]2CC[C@H](N3CCC3)CC2)n1. The zero-order valence-electron chi connectivity index (χ0n) is 17.8. The molecule has 31 heavy (non-hydrogen) atoms. The molecule has 0 spiro atoms. The monoisotopic (exact) mass is 427 g/mol. The molecule has 0 radical (unpaired) electrons. The van der Waals surface area contributed by atoms with Crippen LogP contribution in [-0.4, -0.2) is 51.0 Å². The van der Waals surface area contributed by atoms with E-state index in [0.717, 1.165) is 31.2 Å². The largest absolute Gasteiger partial charge is 0.481 e. The Morgan fingerprint density at radius 2 is 2.06 bits per heavy atom. The number of nitro groups is 1. The van der Waals surface area contributed by atoms with Gasteiger partial charge in [-0.2, -0.15) is 4.98 Å². The van der Waals surface area contributed by atoms with E-state index in [0.29, 0.717) is 36.5 Å². The molecule has 1 saturated carbocycles. The fourth-order valence-electron chi connectivity index (χ4n) is 4.55. The van der Waals surface area contributed by atoms with E-state index in [2.05, 4.69) is 25.2 Å². The standard InChI is InChI=1S/C21H29N7O3/c1-31-20-15(4-2-9-23-20)13-24-21-25-17(18(28(29)30)19(22)26-21)12-14-5-7-16(8-6-14)27-10-3-11-27/h2,4,9,14,16H,3,5-8,10-13H2,1H3,(H3,22,24,25,26)/t14-,16-. The van der Waals surface area contributed by atoms with Crippen LogP contribution >= 0.6 is 0 Å². The summed E-state index contributed by atoms with van der Waals surface area (Å²) in [5.74, 6) is 1.05. The number of anilines is 2. The summed E-state index contributed by atoms with van der Waals surface area (Å²) in [4.78, 5) is 26.5. The predicted octanol–water partition coefficient (Wildman–Crippen LogP) is 2.79. The maximum absolute atomic E-state index is 11.6. The summed E-state index contributed by atoms with van der Waals surface area (Å²) in [7, 11) is 1.56. The van der Waals surface area contributed by atoms with Crippen molar-refractivity contribution in [3.63, 3.8) is 0 Å². The summed E-state index contributed by atoms with van der Waals surface area (Å²) < 4.78 is 5.26. The van der Waals surface area contributed by atoms with Crippen LogP contribution in [0.1, 0.15) is 43.4 Å². The Bertz CT molecular complexity index is 927. The van der Waals surface area contributed by atoms with Crippen molar-refractivity contribution in [1.29, 1.82) is 0 Å². The van der Waals surface area contributed by atoms with Crippen molar-refractivity contribution in [2.24, 2.45) is 5.92 Å². The molecule has 2 fully saturated rings. The Hall–Kier alpha value is -3.01. The summed E-state index contributed by atoms with van der Waals surface area (Å²) in [6, 6.07) is 4.36. The minimum atomic E-state index is -0.468. The summed E-state index contributed by atoms with van der Waals surface area (Å²) in [6.07, 6.45) is 7.89. The molecule has 3 heterocycles. The summed E-state index contributed by atoms with van der Waals surface area (Å²) in [5.41, 5.74) is 7.03. The van der Waals surface area contributed by atoms with Gasteiger partial charge in [0.25, 0.3) is 0 Å². The second-order valence-electron chi connectivity index (χ2n) is 8.28. The number of hydrogen-bond donors (Lipinski definition) is 2. The van der Waals surface area contributed by atoms with E-state index in [-0.39, 0.29) is 17.5 Å². The van der Waals surface area contributed by atoms with Gasteiger partial charge in [0.05, 0.1) is 12.0 Å². The van der Waals surface area contributed by atoms with E-state index in [1.807, 2.05) is 12.1 Å². The molecule has 166 valence electrons. The van der Waals surface area contributed by atoms with Gasteiger partial charge in [0, 0.05) is 24.3 Å². The highest BCUT2D eigenvalue weighted by atomic mass is 16.6. The number of pyridine rings is 1. The minimum Gasteiger partial charge on any atom is -0.481 e. The van der Waals surface area contributed by atoms with Gasteiger partial charge in [0.2, 0.25) is 17.6 Å². The molecule has 2 aromatic rings. The molecule has 4 rings (SSSR count). The lowest BCUT2D eigenvalue weighted by Crippen LogP contribution is -2.46. The zero-order chi connectivity index (χ0) is 21.8. The zero-order valence-corrected chi connectivity index (χ0v) is 17.8. The Labute approximate surface area is 181 Å². The number of likely N-dealkylation sites (tertiary alicyclic amines) is 1. The van der Waals surface area contributed by atoms with E-state index in [1.165, 1.54) is 19.5 Å². The van der Waals surface area contributed by atoms with Crippen LogP contribution in [0.25, 0.3) is 0 Å². The van der Waals surface area contributed by atoms with E-state index >= 15 is 0 Å². The molecule has 0 atom stereocenters. The third-order valence-corrected chi connectivity index (χ3v) is 6.35. The van der Waals surface area contributed by atoms with Gasteiger partial charge in [-0.25, -0.2) is 9.97 Å².